The Balaban J connectivity index is 2.04. The molecule has 0 aliphatic rings. The van der Waals surface area contributed by atoms with Gasteiger partial charge in [-0.3, -0.25) is 0 Å². The first-order valence-electron chi connectivity index (χ1n) is 6.03. The maximum atomic E-state index is 6.11. The van der Waals surface area contributed by atoms with Crippen LogP contribution in [0.4, 0.5) is 0 Å². The van der Waals surface area contributed by atoms with Crippen molar-refractivity contribution in [1.29, 1.82) is 0 Å². The van der Waals surface area contributed by atoms with Gasteiger partial charge in [0.05, 0.1) is 12.5 Å². The summed E-state index contributed by atoms with van der Waals surface area (Å²) in [5, 5.41) is 0. The number of rotatable bonds is 4. The van der Waals surface area contributed by atoms with E-state index in [-0.39, 0.29) is 6.04 Å². The van der Waals surface area contributed by atoms with Gasteiger partial charge >= 0.3 is 0 Å². The molecule has 1 atom stereocenters. The number of hydrogen-bond acceptors (Lipinski definition) is 2. The van der Waals surface area contributed by atoms with Crippen molar-refractivity contribution in [1.82, 2.24) is 0 Å². The van der Waals surface area contributed by atoms with E-state index in [1.54, 1.807) is 12.5 Å². The number of benzene rings is 1. The first kappa shape index (κ1) is 11.9. The third kappa shape index (κ3) is 2.98. The van der Waals surface area contributed by atoms with Gasteiger partial charge in [-0.05, 0) is 29.5 Å². The summed E-state index contributed by atoms with van der Waals surface area (Å²) in [5.41, 5.74) is 9.80. The summed E-state index contributed by atoms with van der Waals surface area (Å²) in [5.74, 6) is 0.576. The maximum Gasteiger partial charge on any atom is 0.0950 e. The molecular formula is C15H19NO. The Kier molecular flexibility index (Phi) is 3.64. The normalized spacial score (nSPS) is 12.9. The molecule has 90 valence electrons. The zero-order valence-electron chi connectivity index (χ0n) is 10.4. The Bertz CT molecular complexity index is 442. The molecule has 0 fully saturated rings. The van der Waals surface area contributed by atoms with Crippen LogP contribution in [-0.2, 0) is 6.42 Å². The minimum atomic E-state index is 0.0126. The highest BCUT2D eigenvalue weighted by Gasteiger charge is 2.08. The quantitative estimate of drug-likeness (QED) is 0.869. The minimum absolute atomic E-state index is 0.0126. The highest BCUT2D eigenvalue weighted by molar-refractivity contribution is 5.26. The van der Waals surface area contributed by atoms with Crippen LogP contribution in [-0.4, -0.2) is 0 Å². The first-order valence-corrected chi connectivity index (χ1v) is 6.03. The largest absolute Gasteiger partial charge is 0.472 e. The average Bonchev–Trinajstić information content (AvgIpc) is 2.83. The Morgan fingerprint density at radius 2 is 1.76 bits per heavy atom. The van der Waals surface area contributed by atoms with E-state index in [1.807, 2.05) is 6.07 Å². The molecule has 1 unspecified atom stereocenters. The minimum Gasteiger partial charge on any atom is -0.472 e. The van der Waals surface area contributed by atoms with Crippen molar-refractivity contribution in [3.05, 3.63) is 59.5 Å². The number of furan rings is 1. The molecule has 2 aromatic rings. The standard InChI is InChI=1S/C15H19NO/c1-11(2)13-5-3-12(4-6-13)9-15(16)14-7-8-17-10-14/h3-8,10-11,15H,9,16H2,1-2H3. The van der Waals surface area contributed by atoms with E-state index in [2.05, 4.69) is 38.1 Å². The predicted molar refractivity (Wildman–Crippen MR) is 69.9 cm³/mol. The van der Waals surface area contributed by atoms with Crippen LogP contribution in [0.5, 0.6) is 0 Å². The van der Waals surface area contributed by atoms with Crippen LogP contribution in [0.25, 0.3) is 0 Å². The van der Waals surface area contributed by atoms with Crippen molar-refractivity contribution in [2.75, 3.05) is 0 Å². The van der Waals surface area contributed by atoms with Gasteiger partial charge in [0.1, 0.15) is 0 Å². The molecule has 0 aliphatic carbocycles. The van der Waals surface area contributed by atoms with E-state index in [0.717, 1.165) is 12.0 Å². The molecular weight excluding hydrogens is 210 g/mol. The van der Waals surface area contributed by atoms with E-state index in [0.29, 0.717) is 5.92 Å². The molecule has 17 heavy (non-hydrogen) atoms. The summed E-state index contributed by atoms with van der Waals surface area (Å²) in [4.78, 5) is 0. The number of hydrogen-bond donors (Lipinski definition) is 1. The Morgan fingerprint density at radius 1 is 1.06 bits per heavy atom. The zero-order valence-corrected chi connectivity index (χ0v) is 10.4. The van der Waals surface area contributed by atoms with Crippen LogP contribution >= 0.6 is 0 Å². The molecule has 0 aliphatic heterocycles. The fraction of sp³-hybridized carbons (Fsp3) is 0.333. The molecule has 2 heteroatoms. The zero-order chi connectivity index (χ0) is 12.3. The lowest BCUT2D eigenvalue weighted by Gasteiger charge is -2.11. The summed E-state index contributed by atoms with van der Waals surface area (Å²) in [7, 11) is 0. The van der Waals surface area contributed by atoms with Crippen molar-refractivity contribution in [3.8, 4) is 0 Å². The van der Waals surface area contributed by atoms with E-state index < -0.39 is 0 Å². The Labute approximate surface area is 102 Å². The lowest BCUT2D eigenvalue weighted by molar-refractivity contribution is 0.558. The van der Waals surface area contributed by atoms with Crippen LogP contribution in [0.2, 0.25) is 0 Å². The van der Waals surface area contributed by atoms with E-state index in [9.17, 15) is 0 Å². The second-order valence-electron chi connectivity index (χ2n) is 4.76. The lowest BCUT2D eigenvalue weighted by atomic mass is 9.98. The van der Waals surface area contributed by atoms with E-state index >= 15 is 0 Å². The molecule has 0 bridgehead atoms. The molecule has 2 N–H and O–H groups in total. The smallest absolute Gasteiger partial charge is 0.0950 e. The topological polar surface area (TPSA) is 39.2 Å². The average molecular weight is 229 g/mol. The van der Waals surface area contributed by atoms with E-state index in [4.69, 9.17) is 10.2 Å². The molecule has 2 nitrogen and oxygen atoms in total. The predicted octanol–water partition coefficient (Wildman–Crippen LogP) is 3.65. The highest BCUT2D eigenvalue weighted by Crippen LogP contribution is 2.19. The van der Waals surface area contributed by atoms with Crippen LogP contribution in [0, 0.1) is 0 Å². The molecule has 0 saturated carbocycles. The lowest BCUT2D eigenvalue weighted by Crippen LogP contribution is -2.12. The molecule has 0 spiro atoms. The summed E-state index contributed by atoms with van der Waals surface area (Å²) >= 11 is 0. The van der Waals surface area contributed by atoms with Crippen molar-refractivity contribution in [2.45, 2.75) is 32.2 Å². The highest BCUT2D eigenvalue weighted by atomic mass is 16.3. The SMILES string of the molecule is CC(C)c1ccc(CC(N)c2ccoc2)cc1. The molecule has 1 aromatic carbocycles. The molecule has 0 radical (unpaired) electrons. The third-order valence-electron chi connectivity index (χ3n) is 3.07. The number of nitrogens with two attached hydrogens (primary N) is 1. The van der Waals surface area contributed by atoms with Crippen molar-refractivity contribution < 1.29 is 4.42 Å². The van der Waals surface area contributed by atoms with Gasteiger partial charge in [-0.25, -0.2) is 0 Å². The van der Waals surface area contributed by atoms with Gasteiger partial charge < -0.3 is 10.2 Å². The molecule has 1 heterocycles. The van der Waals surface area contributed by atoms with Crippen molar-refractivity contribution >= 4 is 0 Å². The second kappa shape index (κ2) is 5.19. The van der Waals surface area contributed by atoms with Crippen LogP contribution < -0.4 is 5.73 Å². The monoisotopic (exact) mass is 229 g/mol. The van der Waals surface area contributed by atoms with Crippen LogP contribution in [0.3, 0.4) is 0 Å². The van der Waals surface area contributed by atoms with Gasteiger partial charge in [0.25, 0.3) is 0 Å². The fourth-order valence-corrected chi connectivity index (χ4v) is 1.90. The molecule has 2 rings (SSSR count). The van der Waals surface area contributed by atoms with Crippen LogP contribution in [0.15, 0.2) is 47.3 Å². The van der Waals surface area contributed by atoms with Gasteiger partial charge in [-0.15, -0.1) is 0 Å². The van der Waals surface area contributed by atoms with Gasteiger partial charge in [0.2, 0.25) is 0 Å². The Morgan fingerprint density at radius 3 is 2.29 bits per heavy atom. The molecule has 1 aromatic heterocycles. The summed E-state index contributed by atoms with van der Waals surface area (Å²) in [6.45, 7) is 4.40. The summed E-state index contributed by atoms with van der Waals surface area (Å²) < 4.78 is 5.04. The Hall–Kier alpha value is -1.54. The maximum absolute atomic E-state index is 6.11. The summed E-state index contributed by atoms with van der Waals surface area (Å²) in [6, 6.07) is 10.6. The fourth-order valence-electron chi connectivity index (χ4n) is 1.90. The molecule has 0 amide bonds. The second-order valence-corrected chi connectivity index (χ2v) is 4.76. The van der Waals surface area contributed by atoms with E-state index in [1.165, 1.54) is 11.1 Å². The van der Waals surface area contributed by atoms with Gasteiger partial charge in [0, 0.05) is 11.6 Å². The van der Waals surface area contributed by atoms with Gasteiger partial charge in [-0.1, -0.05) is 38.1 Å². The van der Waals surface area contributed by atoms with Crippen molar-refractivity contribution in [2.24, 2.45) is 5.73 Å². The summed E-state index contributed by atoms with van der Waals surface area (Å²) in [6.07, 6.45) is 4.22. The first-order chi connectivity index (χ1) is 8.16. The van der Waals surface area contributed by atoms with Gasteiger partial charge in [0.15, 0.2) is 0 Å². The molecule has 0 saturated heterocycles. The third-order valence-corrected chi connectivity index (χ3v) is 3.07. The van der Waals surface area contributed by atoms with Crippen LogP contribution in [0.1, 0.15) is 42.5 Å². The van der Waals surface area contributed by atoms with Crippen molar-refractivity contribution in [3.63, 3.8) is 0 Å². The van der Waals surface area contributed by atoms with Gasteiger partial charge in [-0.2, -0.15) is 0 Å².